The quantitative estimate of drug-likeness (QED) is 0.427. The Kier molecular flexibility index (Phi) is 4.15. The molecule has 0 N–H and O–H groups in total. The summed E-state index contributed by atoms with van der Waals surface area (Å²) < 4.78 is 14.7. The summed E-state index contributed by atoms with van der Waals surface area (Å²) in [4.78, 5) is 9.71. The van der Waals surface area contributed by atoms with Crippen LogP contribution >= 0.6 is 39.3 Å². The fourth-order valence-electron chi connectivity index (χ4n) is 1.99. The minimum atomic E-state index is -0.425. The third-order valence-corrected chi connectivity index (χ3v) is 4.51. The van der Waals surface area contributed by atoms with Crippen molar-refractivity contribution in [1.82, 2.24) is 9.97 Å². The summed E-state index contributed by atoms with van der Waals surface area (Å²) >= 11 is 11.1. The van der Waals surface area contributed by atoms with E-state index in [4.69, 9.17) is 11.6 Å². The van der Waals surface area contributed by atoms with Crippen molar-refractivity contribution in [3.8, 4) is 11.4 Å². The zero-order valence-electron chi connectivity index (χ0n) is 10.9. The molecule has 0 radical (unpaired) electrons. The van der Waals surface area contributed by atoms with Crippen LogP contribution in [0.15, 0.2) is 45.8 Å². The van der Waals surface area contributed by atoms with Crippen LogP contribution in [-0.2, 0) is 0 Å². The molecule has 0 fully saturated rings. The van der Waals surface area contributed by atoms with E-state index in [1.54, 1.807) is 17.8 Å². The summed E-state index contributed by atoms with van der Waals surface area (Å²) in [6.07, 6.45) is 2.01. The lowest BCUT2D eigenvalue weighted by atomic mass is 10.2. The molecule has 0 saturated carbocycles. The van der Waals surface area contributed by atoms with Gasteiger partial charge in [-0.2, -0.15) is 0 Å². The van der Waals surface area contributed by atoms with Gasteiger partial charge in [-0.3, -0.25) is 0 Å². The van der Waals surface area contributed by atoms with Crippen LogP contribution in [0.25, 0.3) is 22.3 Å². The molecule has 0 aliphatic rings. The summed E-state index contributed by atoms with van der Waals surface area (Å²) in [7, 11) is 0. The van der Waals surface area contributed by atoms with Crippen molar-refractivity contribution in [2.45, 2.75) is 4.90 Å². The largest absolute Gasteiger partial charge is 0.225 e. The molecule has 0 atom stereocenters. The molecular formula is C15H9BrClFN2S. The van der Waals surface area contributed by atoms with E-state index in [1.807, 2.05) is 30.5 Å². The predicted molar refractivity (Wildman–Crippen MR) is 89.4 cm³/mol. The number of thioether (sulfide) groups is 1. The highest BCUT2D eigenvalue weighted by Gasteiger charge is 2.12. The molecule has 0 spiro atoms. The van der Waals surface area contributed by atoms with E-state index in [0.29, 0.717) is 15.7 Å². The second kappa shape index (κ2) is 5.91. The normalized spacial score (nSPS) is 11.0. The highest BCUT2D eigenvalue weighted by atomic mass is 79.9. The second-order valence-electron chi connectivity index (χ2n) is 4.35. The molecule has 6 heteroatoms. The third-order valence-electron chi connectivity index (χ3n) is 3.02. The molecule has 3 aromatic rings. The number of hydrogen-bond acceptors (Lipinski definition) is 3. The minimum absolute atomic E-state index is 0.224. The van der Waals surface area contributed by atoms with Gasteiger partial charge >= 0.3 is 0 Å². The first-order valence-electron chi connectivity index (χ1n) is 6.05. The first-order chi connectivity index (χ1) is 10.1. The predicted octanol–water partition coefficient (Wildman–Crippen LogP) is 5.57. The Morgan fingerprint density at radius 1 is 1.14 bits per heavy atom. The topological polar surface area (TPSA) is 25.8 Å². The lowest BCUT2D eigenvalue weighted by Gasteiger charge is -2.06. The molecule has 0 unspecified atom stereocenters. The van der Waals surface area contributed by atoms with Crippen LogP contribution < -0.4 is 0 Å². The highest BCUT2D eigenvalue weighted by Crippen LogP contribution is 2.29. The highest BCUT2D eigenvalue weighted by molar-refractivity contribution is 9.10. The van der Waals surface area contributed by atoms with Crippen LogP contribution in [-0.4, -0.2) is 16.2 Å². The van der Waals surface area contributed by atoms with E-state index in [0.717, 1.165) is 10.5 Å². The van der Waals surface area contributed by atoms with Gasteiger partial charge in [-0.05, 0) is 30.5 Å². The average Bonchev–Trinajstić information content (AvgIpc) is 2.48. The molecule has 0 aliphatic carbocycles. The van der Waals surface area contributed by atoms with Crippen LogP contribution in [0.1, 0.15) is 0 Å². The Balaban J connectivity index is 2.19. The van der Waals surface area contributed by atoms with Crippen molar-refractivity contribution in [3.05, 3.63) is 51.8 Å². The smallest absolute Gasteiger partial charge is 0.161 e. The monoisotopic (exact) mass is 382 g/mol. The van der Waals surface area contributed by atoms with E-state index >= 15 is 0 Å². The Labute approximate surface area is 138 Å². The molecule has 2 aromatic carbocycles. The Morgan fingerprint density at radius 3 is 2.52 bits per heavy atom. The molecule has 0 saturated heterocycles. The van der Waals surface area contributed by atoms with Gasteiger partial charge in [-0.25, -0.2) is 14.4 Å². The van der Waals surface area contributed by atoms with Gasteiger partial charge in [0.2, 0.25) is 0 Å². The number of rotatable bonds is 2. The van der Waals surface area contributed by atoms with E-state index in [9.17, 15) is 4.39 Å². The van der Waals surface area contributed by atoms with Gasteiger partial charge in [0.05, 0.1) is 0 Å². The average molecular weight is 384 g/mol. The van der Waals surface area contributed by atoms with Gasteiger partial charge in [0.15, 0.2) is 11.6 Å². The summed E-state index contributed by atoms with van der Waals surface area (Å²) in [6.45, 7) is 0. The van der Waals surface area contributed by atoms with Gasteiger partial charge in [0.1, 0.15) is 10.7 Å². The summed E-state index contributed by atoms with van der Waals surface area (Å²) in [5.74, 6) is -0.00738. The zero-order valence-corrected chi connectivity index (χ0v) is 14.1. The van der Waals surface area contributed by atoms with E-state index in [1.165, 1.54) is 6.07 Å². The van der Waals surface area contributed by atoms with Crippen molar-refractivity contribution in [2.75, 3.05) is 6.26 Å². The third kappa shape index (κ3) is 2.91. The number of benzene rings is 2. The molecule has 3 rings (SSSR count). The van der Waals surface area contributed by atoms with Crippen molar-refractivity contribution in [3.63, 3.8) is 0 Å². The van der Waals surface area contributed by atoms with Crippen LogP contribution in [0.3, 0.4) is 0 Å². The van der Waals surface area contributed by atoms with Gasteiger partial charge in [0.25, 0.3) is 0 Å². The van der Waals surface area contributed by atoms with Gasteiger partial charge in [0, 0.05) is 20.3 Å². The summed E-state index contributed by atoms with van der Waals surface area (Å²) in [5, 5.41) is 0.733. The van der Waals surface area contributed by atoms with Crippen molar-refractivity contribution in [2.24, 2.45) is 0 Å². The summed E-state index contributed by atoms with van der Waals surface area (Å²) in [6, 6.07) is 10.8. The molecule has 0 bridgehead atoms. The summed E-state index contributed by atoms with van der Waals surface area (Å²) in [5.41, 5.74) is 1.03. The van der Waals surface area contributed by atoms with Crippen LogP contribution in [0.5, 0.6) is 0 Å². The molecule has 106 valence electrons. The molecule has 1 aromatic heterocycles. The number of aromatic nitrogens is 2. The maximum Gasteiger partial charge on any atom is 0.161 e. The van der Waals surface area contributed by atoms with Crippen molar-refractivity contribution >= 4 is 50.2 Å². The maximum atomic E-state index is 14.1. The Hall–Kier alpha value is -1.17. The SMILES string of the molecule is CSc1ccc(-c2nc(Cl)c3cc(Br)cc(F)c3n2)cc1. The van der Waals surface area contributed by atoms with E-state index in [2.05, 4.69) is 25.9 Å². The second-order valence-corrected chi connectivity index (χ2v) is 6.50. The molecule has 2 nitrogen and oxygen atoms in total. The van der Waals surface area contributed by atoms with Crippen LogP contribution in [0.4, 0.5) is 4.39 Å². The van der Waals surface area contributed by atoms with E-state index < -0.39 is 5.82 Å². The molecular weight excluding hydrogens is 375 g/mol. The van der Waals surface area contributed by atoms with E-state index in [-0.39, 0.29) is 10.7 Å². The number of fused-ring (bicyclic) bond motifs is 1. The molecule has 1 heterocycles. The number of halogens is 3. The first kappa shape index (κ1) is 14.8. The molecule has 21 heavy (non-hydrogen) atoms. The standard InChI is InChI=1S/C15H9BrClFN2S/c1-21-10-4-2-8(3-5-10)15-19-13-11(14(17)20-15)6-9(16)7-12(13)18/h2-7H,1H3. The Morgan fingerprint density at radius 2 is 1.86 bits per heavy atom. The van der Waals surface area contributed by atoms with Gasteiger partial charge < -0.3 is 0 Å². The Bertz CT molecular complexity index is 824. The first-order valence-corrected chi connectivity index (χ1v) is 8.45. The fraction of sp³-hybridized carbons (Fsp3) is 0.0667. The number of hydrogen-bond donors (Lipinski definition) is 0. The minimum Gasteiger partial charge on any atom is -0.225 e. The fourth-order valence-corrected chi connectivity index (χ4v) is 3.05. The maximum absolute atomic E-state index is 14.1. The number of nitrogens with zero attached hydrogens (tertiary/aromatic N) is 2. The lowest BCUT2D eigenvalue weighted by Crippen LogP contribution is -1.94. The molecule has 0 aliphatic heterocycles. The molecule has 0 amide bonds. The lowest BCUT2D eigenvalue weighted by molar-refractivity contribution is 0.636. The van der Waals surface area contributed by atoms with Crippen LogP contribution in [0, 0.1) is 5.82 Å². The van der Waals surface area contributed by atoms with Crippen LogP contribution in [0.2, 0.25) is 5.15 Å². The van der Waals surface area contributed by atoms with Gasteiger partial charge in [-0.15, -0.1) is 11.8 Å². The zero-order chi connectivity index (χ0) is 15.0. The van der Waals surface area contributed by atoms with Gasteiger partial charge in [-0.1, -0.05) is 39.7 Å². The van der Waals surface area contributed by atoms with Crippen molar-refractivity contribution < 1.29 is 4.39 Å². The van der Waals surface area contributed by atoms with Crippen molar-refractivity contribution in [1.29, 1.82) is 0 Å².